The Labute approximate surface area is 136 Å². The minimum Gasteiger partial charge on any atom is -0.481 e. The highest BCUT2D eigenvalue weighted by Crippen LogP contribution is 2.37. The third-order valence-corrected chi connectivity index (χ3v) is 5.52. The van der Waals surface area contributed by atoms with Crippen molar-refractivity contribution in [3.8, 4) is 16.6 Å². The number of hydrogen-bond donors (Lipinski definition) is 1. The molecule has 0 unspecified atom stereocenters. The lowest BCUT2D eigenvalue weighted by molar-refractivity contribution is -0.133. The van der Waals surface area contributed by atoms with E-state index in [-0.39, 0.29) is 5.75 Å². The van der Waals surface area contributed by atoms with Crippen molar-refractivity contribution in [2.75, 3.05) is 5.75 Å². The number of thioether (sulfide) groups is 1. The van der Waals surface area contributed by atoms with Crippen molar-refractivity contribution in [2.24, 2.45) is 0 Å². The number of carboxylic acids is 1. The molecule has 0 saturated heterocycles. The molecule has 0 aromatic carbocycles. The Morgan fingerprint density at radius 1 is 1.41 bits per heavy atom. The summed E-state index contributed by atoms with van der Waals surface area (Å²) in [4.78, 5) is 16.6. The highest BCUT2D eigenvalue weighted by atomic mass is 32.2. The number of pyridine rings is 1. The fraction of sp³-hybridized carbons (Fsp3) is 0.312. The van der Waals surface area contributed by atoms with Gasteiger partial charge >= 0.3 is 5.97 Å². The molecule has 2 heterocycles. The number of fused-ring (bicyclic) bond motifs is 1. The molecule has 1 aliphatic carbocycles. The fourth-order valence-corrected chi connectivity index (χ4v) is 4.23. The lowest BCUT2D eigenvalue weighted by Crippen LogP contribution is -2.11. The zero-order valence-electron chi connectivity index (χ0n) is 11.8. The van der Waals surface area contributed by atoms with Gasteiger partial charge in [-0.15, -0.1) is 11.3 Å². The van der Waals surface area contributed by atoms with E-state index in [4.69, 9.17) is 5.11 Å². The summed E-state index contributed by atoms with van der Waals surface area (Å²) in [5.74, 6) is -0.976. The van der Waals surface area contributed by atoms with E-state index >= 15 is 0 Å². The van der Waals surface area contributed by atoms with Gasteiger partial charge < -0.3 is 5.11 Å². The summed E-state index contributed by atoms with van der Waals surface area (Å²) in [5, 5.41) is 21.0. The molecular weight excluding hydrogens is 316 g/mol. The zero-order chi connectivity index (χ0) is 15.5. The highest BCUT2D eigenvalue weighted by molar-refractivity contribution is 7.99. The number of hydrogen-bond acceptors (Lipinski definition) is 5. The molecule has 0 saturated carbocycles. The second-order valence-corrected chi connectivity index (χ2v) is 6.99. The molecule has 0 amide bonds. The van der Waals surface area contributed by atoms with Gasteiger partial charge in [0.1, 0.15) is 11.1 Å². The van der Waals surface area contributed by atoms with Crippen molar-refractivity contribution in [2.45, 2.75) is 30.7 Å². The molecule has 0 spiro atoms. The minimum absolute atomic E-state index is 0.0790. The number of aliphatic carboxylic acids is 1. The first-order valence-electron chi connectivity index (χ1n) is 7.05. The Morgan fingerprint density at radius 3 is 2.82 bits per heavy atom. The molecule has 0 radical (unpaired) electrons. The lowest BCUT2D eigenvalue weighted by atomic mass is 9.88. The first-order chi connectivity index (χ1) is 10.7. The number of rotatable bonds is 4. The Bertz CT molecular complexity index is 748. The van der Waals surface area contributed by atoms with Gasteiger partial charge in [0.2, 0.25) is 0 Å². The van der Waals surface area contributed by atoms with Gasteiger partial charge in [-0.2, -0.15) is 5.26 Å². The maximum Gasteiger partial charge on any atom is 0.313 e. The van der Waals surface area contributed by atoms with E-state index in [2.05, 4.69) is 11.1 Å². The van der Waals surface area contributed by atoms with Gasteiger partial charge in [-0.25, -0.2) is 4.98 Å². The van der Waals surface area contributed by atoms with Gasteiger partial charge in [-0.05, 0) is 48.3 Å². The van der Waals surface area contributed by atoms with Crippen LogP contribution in [0, 0.1) is 11.3 Å². The average Bonchev–Trinajstić information content (AvgIpc) is 3.05. The summed E-state index contributed by atoms with van der Waals surface area (Å²) >= 11 is 2.76. The van der Waals surface area contributed by atoms with Crippen LogP contribution in [-0.2, 0) is 17.6 Å². The minimum atomic E-state index is -0.897. The average molecular weight is 330 g/mol. The van der Waals surface area contributed by atoms with E-state index in [1.165, 1.54) is 5.56 Å². The highest BCUT2D eigenvalue weighted by Gasteiger charge is 2.23. The smallest absolute Gasteiger partial charge is 0.313 e. The summed E-state index contributed by atoms with van der Waals surface area (Å²) in [6, 6.07) is 6.26. The third-order valence-electron chi connectivity index (χ3n) is 3.68. The van der Waals surface area contributed by atoms with Crippen molar-refractivity contribution >= 4 is 29.1 Å². The standard InChI is InChI=1S/C16H14N2O2S2/c17-8-12-10-4-1-2-5-11(10)15(13-6-3-7-21-13)18-16(12)22-9-14(19)20/h3,6-7H,1-2,4-5,9H2,(H,19,20). The molecule has 22 heavy (non-hydrogen) atoms. The lowest BCUT2D eigenvalue weighted by Gasteiger charge is -2.21. The number of aromatic nitrogens is 1. The van der Waals surface area contributed by atoms with Crippen molar-refractivity contribution in [1.29, 1.82) is 5.26 Å². The van der Waals surface area contributed by atoms with Crippen LogP contribution in [0.3, 0.4) is 0 Å². The Balaban J connectivity index is 2.16. The van der Waals surface area contributed by atoms with E-state index in [0.717, 1.165) is 53.6 Å². The third kappa shape index (κ3) is 2.87. The SMILES string of the molecule is N#Cc1c(SCC(=O)O)nc(-c2cccs2)c2c1CCCC2. The molecule has 0 bridgehead atoms. The molecule has 6 heteroatoms. The van der Waals surface area contributed by atoms with Gasteiger partial charge in [-0.1, -0.05) is 17.8 Å². The van der Waals surface area contributed by atoms with E-state index in [9.17, 15) is 10.1 Å². The van der Waals surface area contributed by atoms with E-state index < -0.39 is 5.97 Å². The summed E-state index contributed by atoms with van der Waals surface area (Å²) in [7, 11) is 0. The van der Waals surface area contributed by atoms with Crippen LogP contribution in [0.5, 0.6) is 0 Å². The predicted octanol–water partition coefficient (Wildman–Crippen LogP) is 3.74. The zero-order valence-corrected chi connectivity index (χ0v) is 13.5. The fourth-order valence-electron chi connectivity index (χ4n) is 2.76. The second kappa shape index (κ2) is 6.51. The quantitative estimate of drug-likeness (QED) is 0.865. The summed E-state index contributed by atoms with van der Waals surface area (Å²) in [6.45, 7) is 0. The predicted molar refractivity (Wildman–Crippen MR) is 87.3 cm³/mol. The van der Waals surface area contributed by atoms with Gasteiger partial charge in [0.15, 0.2) is 0 Å². The summed E-state index contributed by atoms with van der Waals surface area (Å²) in [5.41, 5.74) is 3.74. The molecule has 2 aromatic rings. The largest absolute Gasteiger partial charge is 0.481 e. The second-order valence-electron chi connectivity index (χ2n) is 5.08. The molecule has 4 nitrogen and oxygen atoms in total. The van der Waals surface area contributed by atoms with Crippen molar-refractivity contribution in [1.82, 2.24) is 4.98 Å². The van der Waals surface area contributed by atoms with Crippen molar-refractivity contribution < 1.29 is 9.90 Å². The van der Waals surface area contributed by atoms with Crippen LogP contribution in [0.4, 0.5) is 0 Å². The molecule has 0 atom stereocenters. The maximum atomic E-state index is 10.8. The monoisotopic (exact) mass is 330 g/mol. The van der Waals surface area contributed by atoms with Crippen LogP contribution in [0.15, 0.2) is 22.5 Å². The summed E-state index contributed by atoms with van der Waals surface area (Å²) in [6.07, 6.45) is 3.99. The van der Waals surface area contributed by atoms with Crippen LogP contribution >= 0.6 is 23.1 Å². The molecule has 0 aliphatic heterocycles. The molecule has 3 rings (SSSR count). The number of carbonyl (C=O) groups is 1. The van der Waals surface area contributed by atoms with Crippen LogP contribution in [0.2, 0.25) is 0 Å². The van der Waals surface area contributed by atoms with Crippen LogP contribution in [0.1, 0.15) is 29.5 Å². The van der Waals surface area contributed by atoms with Crippen LogP contribution in [-0.4, -0.2) is 21.8 Å². The maximum absolute atomic E-state index is 10.8. The molecule has 1 aliphatic rings. The normalized spacial score (nSPS) is 13.4. The first-order valence-corrected chi connectivity index (χ1v) is 8.91. The van der Waals surface area contributed by atoms with Gasteiger partial charge in [-0.3, -0.25) is 4.79 Å². The number of nitrogens with zero attached hydrogens (tertiary/aromatic N) is 2. The van der Waals surface area contributed by atoms with Crippen LogP contribution < -0.4 is 0 Å². The topological polar surface area (TPSA) is 74.0 Å². The van der Waals surface area contributed by atoms with E-state index in [0.29, 0.717) is 10.6 Å². The number of thiophene rings is 1. The Morgan fingerprint density at radius 2 is 2.18 bits per heavy atom. The Hall–Kier alpha value is -1.84. The van der Waals surface area contributed by atoms with Gasteiger partial charge in [0, 0.05) is 0 Å². The van der Waals surface area contributed by atoms with E-state index in [1.54, 1.807) is 11.3 Å². The molecular formula is C16H14N2O2S2. The molecule has 0 fully saturated rings. The first kappa shape index (κ1) is 15.1. The van der Waals surface area contributed by atoms with Crippen molar-refractivity contribution in [3.63, 3.8) is 0 Å². The Kier molecular flexibility index (Phi) is 4.46. The van der Waals surface area contributed by atoms with Crippen LogP contribution in [0.25, 0.3) is 10.6 Å². The van der Waals surface area contributed by atoms with E-state index in [1.807, 2.05) is 17.5 Å². The summed E-state index contributed by atoms with van der Waals surface area (Å²) < 4.78 is 0. The van der Waals surface area contributed by atoms with Gasteiger partial charge in [0.05, 0.1) is 21.9 Å². The van der Waals surface area contributed by atoms with Crippen molar-refractivity contribution in [3.05, 3.63) is 34.2 Å². The number of carboxylic acid groups (broad SMARTS) is 1. The molecule has 1 N–H and O–H groups in total. The molecule has 112 valence electrons. The molecule has 2 aromatic heterocycles. The van der Waals surface area contributed by atoms with Gasteiger partial charge in [0.25, 0.3) is 0 Å². The number of nitriles is 1.